The van der Waals surface area contributed by atoms with E-state index in [1.807, 2.05) is 0 Å². The molecule has 21 heavy (non-hydrogen) atoms. The van der Waals surface area contributed by atoms with Crippen LogP contribution in [0.2, 0.25) is 0 Å². The van der Waals surface area contributed by atoms with Crippen molar-refractivity contribution in [3.8, 4) is 0 Å². The lowest BCUT2D eigenvalue weighted by molar-refractivity contribution is -0.140. The molecule has 2 rings (SSSR count). The van der Waals surface area contributed by atoms with Gasteiger partial charge in [-0.15, -0.1) is 0 Å². The number of piperidine rings is 1. The first-order chi connectivity index (χ1) is 9.82. The molecular formula is C15H15F4NO. The molecule has 1 fully saturated rings. The highest BCUT2D eigenvalue weighted by atomic mass is 19.3. The van der Waals surface area contributed by atoms with Crippen molar-refractivity contribution in [1.82, 2.24) is 4.90 Å². The highest BCUT2D eigenvalue weighted by Gasteiger charge is 2.37. The van der Waals surface area contributed by atoms with Crippen LogP contribution in [0, 0.1) is 11.6 Å². The van der Waals surface area contributed by atoms with Gasteiger partial charge in [0.15, 0.2) is 0 Å². The Morgan fingerprint density at radius 2 is 2.05 bits per heavy atom. The number of alkyl halides is 2. The zero-order chi connectivity index (χ0) is 15.6. The number of nitrogens with zero attached hydrogens (tertiary/aromatic N) is 1. The molecule has 0 atom stereocenters. The van der Waals surface area contributed by atoms with Crippen molar-refractivity contribution in [1.29, 1.82) is 0 Å². The number of hydrogen-bond acceptors (Lipinski definition) is 1. The van der Waals surface area contributed by atoms with E-state index in [0.717, 1.165) is 23.1 Å². The minimum atomic E-state index is -2.91. The van der Waals surface area contributed by atoms with Crippen molar-refractivity contribution < 1.29 is 22.4 Å². The standard InChI is InChI=1S/C15H15F4NO/c1-2-10-6-13(17)11(7-12(10)16)8-14(21)20-5-3-4-15(18,19)9-20/h2,6-7H,1,3-5,8-9H2. The molecule has 1 aromatic rings. The van der Waals surface area contributed by atoms with Gasteiger partial charge in [0.2, 0.25) is 5.91 Å². The smallest absolute Gasteiger partial charge is 0.265 e. The normalized spacial score (nSPS) is 17.6. The lowest BCUT2D eigenvalue weighted by atomic mass is 10.0. The maximum absolute atomic E-state index is 13.8. The molecule has 0 radical (unpaired) electrons. The van der Waals surface area contributed by atoms with Gasteiger partial charge in [-0.05, 0) is 18.6 Å². The summed E-state index contributed by atoms with van der Waals surface area (Å²) >= 11 is 0. The fourth-order valence-corrected chi connectivity index (χ4v) is 2.35. The number of carbonyl (C=O) groups excluding carboxylic acids is 1. The Bertz CT molecular complexity index is 571. The first kappa shape index (κ1) is 15.5. The summed E-state index contributed by atoms with van der Waals surface area (Å²) in [6.45, 7) is 2.89. The summed E-state index contributed by atoms with van der Waals surface area (Å²) in [6.07, 6.45) is 0.671. The summed E-state index contributed by atoms with van der Waals surface area (Å²) in [6, 6.07) is 1.85. The van der Waals surface area contributed by atoms with Crippen LogP contribution in [0.15, 0.2) is 18.7 Å². The number of carbonyl (C=O) groups is 1. The summed E-state index contributed by atoms with van der Waals surface area (Å²) in [5.41, 5.74) is -0.148. The number of benzene rings is 1. The molecule has 0 N–H and O–H groups in total. The van der Waals surface area contributed by atoms with E-state index in [1.54, 1.807) is 0 Å². The van der Waals surface area contributed by atoms with Gasteiger partial charge in [-0.3, -0.25) is 4.79 Å². The maximum atomic E-state index is 13.8. The molecule has 0 saturated carbocycles. The van der Waals surface area contributed by atoms with Crippen LogP contribution in [0.25, 0.3) is 6.08 Å². The maximum Gasteiger partial charge on any atom is 0.265 e. The Hall–Kier alpha value is -1.85. The second-order valence-electron chi connectivity index (χ2n) is 5.12. The van der Waals surface area contributed by atoms with Gasteiger partial charge in [0, 0.05) is 24.1 Å². The van der Waals surface area contributed by atoms with Crippen molar-refractivity contribution in [3.63, 3.8) is 0 Å². The second kappa shape index (κ2) is 5.87. The van der Waals surface area contributed by atoms with Crippen molar-refractivity contribution in [2.24, 2.45) is 0 Å². The molecule has 1 aromatic carbocycles. The largest absolute Gasteiger partial charge is 0.336 e. The summed E-state index contributed by atoms with van der Waals surface area (Å²) in [7, 11) is 0. The Balaban J connectivity index is 2.13. The van der Waals surface area contributed by atoms with E-state index in [4.69, 9.17) is 0 Å². The summed E-state index contributed by atoms with van der Waals surface area (Å²) in [5, 5.41) is 0. The minimum Gasteiger partial charge on any atom is -0.336 e. The molecule has 1 amide bonds. The molecular weight excluding hydrogens is 286 g/mol. The number of rotatable bonds is 3. The monoisotopic (exact) mass is 301 g/mol. The first-order valence-electron chi connectivity index (χ1n) is 6.58. The third-order valence-electron chi connectivity index (χ3n) is 3.47. The highest BCUT2D eigenvalue weighted by Crippen LogP contribution is 2.27. The highest BCUT2D eigenvalue weighted by molar-refractivity contribution is 5.79. The van der Waals surface area contributed by atoms with Gasteiger partial charge in [-0.25, -0.2) is 17.6 Å². The quantitative estimate of drug-likeness (QED) is 0.784. The van der Waals surface area contributed by atoms with Gasteiger partial charge in [-0.1, -0.05) is 12.7 Å². The molecule has 114 valence electrons. The molecule has 1 aliphatic rings. The fraction of sp³-hybridized carbons (Fsp3) is 0.400. The first-order valence-corrected chi connectivity index (χ1v) is 6.58. The number of halogens is 4. The van der Waals surface area contributed by atoms with E-state index in [0.29, 0.717) is 0 Å². The summed E-state index contributed by atoms with van der Waals surface area (Å²) in [4.78, 5) is 13.0. The van der Waals surface area contributed by atoms with Crippen LogP contribution in [0.1, 0.15) is 24.0 Å². The average Bonchev–Trinajstić information content (AvgIpc) is 2.41. The fourth-order valence-electron chi connectivity index (χ4n) is 2.35. The number of hydrogen-bond donors (Lipinski definition) is 0. The van der Waals surface area contributed by atoms with Crippen LogP contribution in [-0.2, 0) is 11.2 Å². The van der Waals surface area contributed by atoms with E-state index in [1.165, 1.54) is 0 Å². The van der Waals surface area contributed by atoms with Gasteiger partial charge < -0.3 is 4.90 Å². The van der Waals surface area contributed by atoms with Crippen LogP contribution < -0.4 is 0 Å². The lowest BCUT2D eigenvalue weighted by Crippen LogP contribution is -2.46. The zero-order valence-electron chi connectivity index (χ0n) is 11.3. The minimum absolute atomic E-state index is 0.00629. The van der Waals surface area contributed by atoms with Crippen molar-refractivity contribution >= 4 is 12.0 Å². The summed E-state index contributed by atoms with van der Waals surface area (Å²) in [5.74, 6) is -4.98. The molecule has 0 aromatic heterocycles. The second-order valence-corrected chi connectivity index (χ2v) is 5.12. The molecule has 6 heteroatoms. The van der Waals surface area contributed by atoms with Gasteiger partial charge in [0.25, 0.3) is 5.92 Å². The molecule has 0 unspecified atom stereocenters. The van der Waals surface area contributed by atoms with Gasteiger partial charge in [-0.2, -0.15) is 0 Å². The van der Waals surface area contributed by atoms with Crippen LogP contribution in [0.4, 0.5) is 17.6 Å². The van der Waals surface area contributed by atoms with Crippen LogP contribution in [0.5, 0.6) is 0 Å². The van der Waals surface area contributed by atoms with Crippen LogP contribution >= 0.6 is 0 Å². The Morgan fingerprint density at radius 3 is 2.67 bits per heavy atom. The van der Waals surface area contributed by atoms with E-state index >= 15 is 0 Å². The molecule has 0 spiro atoms. The Morgan fingerprint density at radius 1 is 1.33 bits per heavy atom. The van der Waals surface area contributed by atoms with Crippen molar-refractivity contribution in [2.45, 2.75) is 25.2 Å². The number of amides is 1. The van der Waals surface area contributed by atoms with Crippen LogP contribution in [0.3, 0.4) is 0 Å². The number of likely N-dealkylation sites (tertiary alicyclic amines) is 1. The molecule has 1 aliphatic heterocycles. The van der Waals surface area contributed by atoms with E-state index < -0.39 is 36.4 Å². The van der Waals surface area contributed by atoms with E-state index in [9.17, 15) is 22.4 Å². The predicted octanol–water partition coefficient (Wildman–Crippen LogP) is 3.41. The summed E-state index contributed by atoms with van der Waals surface area (Å²) < 4.78 is 53.8. The average molecular weight is 301 g/mol. The zero-order valence-corrected chi connectivity index (χ0v) is 11.3. The van der Waals surface area contributed by atoms with Gasteiger partial charge >= 0.3 is 0 Å². The molecule has 0 bridgehead atoms. The SMILES string of the molecule is C=Cc1cc(F)c(CC(=O)N2CCCC(F)(F)C2)cc1F. The Labute approximate surface area is 120 Å². The molecule has 0 aliphatic carbocycles. The van der Waals surface area contributed by atoms with Gasteiger partial charge in [0.1, 0.15) is 11.6 Å². The Kier molecular flexibility index (Phi) is 4.34. The van der Waals surface area contributed by atoms with Gasteiger partial charge in [0.05, 0.1) is 13.0 Å². The molecule has 2 nitrogen and oxygen atoms in total. The molecule has 1 heterocycles. The van der Waals surface area contributed by atoms with Crippen molar-refractivity contribution in [3.05, 3.63) is 41.5 Å². The van der Waals surface area contributed by atoms with E-state index in [2.05, 4.69) is 6.58 Å². The van der Waals surface area contributed by atoms with Crippen LogP contribution in [-0.4, -0.2) is 29.8 Å². The third-order valence-corrected chi connectivity index (χ3v) is 3.47. The topological polar surface area (TPSA) is 20.3 Å². The third kappa shape index (κ3) is 3.62. The van der Waals surface area contributed by atoms with E-state index in [-0.39, 0.29) is 30.5 Å². The lowest BCUT2D eigenvalue weighted by Gasteiger charge is -2.32. The predicted molar refractivity (Wildman–Crippen MR) is 70.9 cm³/mol. The van der Waals surface area contributed by atoms with Crippen molar-refractivity contribution in [2.75, 3.05) is 13.1 Å². The molecule has 1 saturated heterocycles.